The minimum Gasteiger partial charge on any atom is -0.382 e. The number of pyridine rings is 1. The number of carbonyl (C=O) groups is 1. The molecular weight excluding hydrogens is 574 g/mol. The maximum absolute atomic E-state index is 13.0. The van der Waals surface area contributed by atoms with Crippen molar-refractivity contribution in [1.29, 1.82) is 0 Å². The molecule has 11 nitrogen and oxygen atoms in total. The maximum Gasteiger partial charge on any atom is 0.416 e. The summed E-state index contributed by atoms with van der Waals surface area (Å²) in [4.78, 5) is 33.2. The fourth-order valence-electron chi connectivity index (χ4n) is 3.45. The van der Waals surface area contributed by atoms with Crippen molar-refractivity contribution < 1.29 is 36.2 Å². The van der Waals surface area contributed by atoms with Gasteiger partial charge in [0.15, 0.2) is 17.8 Å². The van der Waals surface area contributed by atoms with Crippen LogP contribution >= 0.6 is 11.6 Å². The number of aliphatic hydroxyl groups is 1. The molecule has 212 valence electrons. The molecule has 1 unspecified atom stereocenters. The molecule has 3 aromatic heterocycles. The third kappa shape index (κ3) is 6.66. The first kappa shape index (κ1) is 28.8. The molecule has 1 amide bonds. The molecule has 4 aromatic rings. The minimum absolute atomic E-state index is 0.0334. The van der Waals surface area contributed by atoms with Crippen molar-refractivity contribution in [2.24, 2.45) is 0 Å². The second-order valence-corrected chi connectivity index (χ2v) is 8.67. The van der Waals surface area contributed by atoms with Crippen LogP contribution in [0.15, 0.2) is 53.8 Å². The van der Waals surface area contributed by atoms with Gasteiger partial charge in [-0.1, -0.05) is 11.6 Å². The highest BCUT2D eigenvalue weighted by Crippen LogP contribution is 2.24. The standard InChI is InChI=1S/C22H17ClF6N8O3/c23-13-3-1-12(2-4-13)18-34-36(20(40)35(18)8-16(38)22(27,28)29)9-17-32-11-37(33-17)15-7-30-6-5-14(15)19(39)31-10-21(24,25)26/h1-7,11,16,38H,8-10H2,(H,31,39). The molecule has 2 N–H and O–H groups in total. The van der Waals surface area contributed by atoms with Crippen molar-refractivity contribution in [2.45, 2.75) is 31.5 Å². The van der Waals surface area contributed by atoms with Crippen LogP contribution in [0.25, 0.3) is 17.1 Å². The van der Waals surface area contributed by atoms with Crippen LogP contribution in [0.3, 0.4) is 0 Å². The summed E-state index contributed by atoms with van der Waals surface area (Å²) >= 11 is 5.87. The molecule has 0 spiro atoms. The molecule has 0 radical (unpaired) electrons. The van der Waals surface area contributed by atoms with Crippen molar-refractivity contribution in [3.8, 4) is 17.1 Å². The number of aliphatic hydroxyl groups excluding tert-OH is 1. The number of aromatic nitrogens is 7. The average molecular weight is 591 g/mol. The van der Waals surface area contributed by atoms with E-state index in [1.807, 2.05) is 0 Å². The number of hydrogen-bond acceptors (Lipinski definition) is 7. The molecule has 0 saturated carbocycles. The molecule has 1 atom stereocenters. The molecule has 1 aromatic carbocycles. The normalized spacial score (nSPS) is 12.9. The third-order valence-corrected chi connectivity index (χ3v) is 5.58. The van der Waals surface area contributed by atoms with Gasteiger partial charge in [0.25, 0.3) is 5.91 Å². The number of carbonyl (C=O) groups excluding carboxylic acids is 1. The van der Waals surface area contributed by atoms with Crippen LogP contribution in [0.5, 0.6) is 0 Å². The molecule has 3 heterocycles. The second-order valence-electron chi connectivity index (χ2n) is 8.23. The Morgan fingerprint density at radius 2 is 1.77 bits per heavy atom. The van der Waals surface area contributed by atoms with E-state index in [1.54, 1.807) is 5.32 Å². The predicted molar refractivity (Wildman–Crippen MR) is 126 cm³/mol. The van der Waals surface area contributed by atoms with E-state index in [1.165, 1.54) is 36.5 Å². The predicted octanol–water partition coefficient (Wildman–Crippen LogP) is 2.60. The SMILES string of the molecule is O=C(NCC(F)(F)F)c1ccncc1-n1cnc(Cn2nc(-c3ccc(Cl)cc3)n(CC(O)C(F)(F)F)c2=O)n1. The van der Waals surface area contributed by atoms with Gasteiger partial charge in [-0.25, -0.2) is 19.1 Å². The molecule has 18 heteroatoms. The lowest BCUT2D eigenvalue weighted by molar-refractivity contribution is -0.207. The van der Waals surface area contributed by atoms with Crippen LogP contribution in [0.4, 0.5) is 26.3 Å². The smallest absolute Gasteiger partial charge is 0.382 e. The highest BCUT2D eigenvalue weighted by molar-refractivity contribution is 6.30. The quantitative estimate of drug-likeness (QED) is 0.302. The van der Waals surface area contributed by atoms with Crippen LogP contribution in [0, 0.1) is 0 Å². The van der Waals surface area contributed by atoms with E-state index >= 15 is 0 Å². The summed E-state index contributed by atoms with van der Waals surface area (Å²) in [6, 6.07) is 6.88. The summed E-state index contributed by atoms with van der Waals surface area (Å²) < 4.78 is 79.1. The maximum atomic E-state index is 13.0. The van der Waals surface area contributed by atoms with Crippen LogP contribution in [-0.4, -0.2) is 70.1 Å². The fourth-order valence-corrected chi connectivity index (χ4v) is 3.58. The molecule has 0 aliphatic rings. The highest BCUT2D eigenvalue weighted by atomic mass is 35.5. The largest absolute Gasteiger partial charge is 0.416 e. The van der Waals surface area contributed by atoms with E-state index in [-0.39, 0.29) is 28.5 Å². The van der Waals surface area contributed by atoms with E-state index in [4.69, 9.17) is 11.6 Å². The molecule has 0 fully saturated rings. The van der Waals surface area contributed by atoms with Crippen molar-refractivity contribution in [2.75, 3.05) is 6.54 Å². The lowest BCUT2D eigenvalue weighted by Gasteiger charge is -2.15. The zero-order valence-corrected chi connectivity index (χ0v) is 20.6. The molecular formula is C22H17ClF6N8O3. The van der Waals surface area contributed by atoms with E-state index in [0.29, 0.717) is 9.59 Å². The number of benzene rings is 1. The van der Waals surface area contributed by atoms with Crippen LogP contribution in [0.1, 0.15) is 16.2 Å². The Kier molecular flexibility index (Phi) is 7.97. The fraction of sp³-hybridized carbons (Fsp3) is 0.273. The average Bonchev–Trinajstić information content (AvgIpc) is 3.47. The molecule has 0 aliphatic carbocycles. The Balaban J connectivity index is 1.65. The molecule has 0 saturated heterocycles. The van der Waals surface area contributed by atoms with Gasteiger partial charge in [0.2, 0.25) is 0 Å². The highest BCUT2D eigenvalue weighted by Gasteiger charge is 2.39. The number of hydrogen-bond donors (Lipinski definition) is 2. The van der Waals surface area contributed by atoms with Gasteiger partial charge in [-0.15, -0.1) is 10.2 Å². The lowest BCUT2D eigenvalue weighted by atomic mass is 10.2. The van der Waals surface area contributed by atoms with E-state index < -0.39 is 49.7 Å². The van der Waals surface area contributed by atoms with Crippen LogP contribution in [0.2, 0.25) is 5.02 Å². The Morgan fingerprint density at radius 3 is 2.42 bits per heavy atom. The van der Waals surface area contributed by atoms with Gasteiger partial charge in [-0.3, -0.25) is 14.3 Å². The van der Waals surface area contributed by atoms with E-state index in [0.717, 1.165) is 21.9 Å². The summed E-state index contributed by atoms with van der Waals surface area (Å²) in [6.45, 7) is -3.16. The Labute approximate surface area is 224 Å². The van der Waals surface area contributed by atoms with Crippen LogP contribution < -0.4 is 11.0 Å². The first-order chi connectivity index (χ1) is 18.7. The molecule has 0 aliphatic heterocycles. The minimum atomic E-state index is -5.01. The lowest BCUT2D eigenvalue weighted by Crippen LogP contribution is -2.37. The van der Waals surface area contributed by atoms with Crippen molar-refractivity contribution >= 4 is 17.5 Å². The molecule has 4 rings (SSSR count). The summed E-state index contributed by atoms with van der Waals surface area (Å²) in [7, 11) is 0. The monoisotopic (exact) mass is 590 g/mol. The van der Waals surface area contributed by atoms with Gasteiger partial charge in [0, 0.05) is 16.8 Å². The number of nitrogens with one attached hydrogen (secondary N) is 1. The third-order valence-electron chi connectivity index (χ3n) is 5.33. The molecule has 0 bridgehead atoms. The number of nitrogens with zero attached hydrogens (tertiary/aromatic N) is 7. The number of amides is 1. The van der Waals surface area contributed by atoms with Gasteiger partial charge in [-0.2, -0.15) is 26.3 Å². The Morgan fingerprint density at radius 1 is 1.07 bits per heavy atom. The first-order valence-electron chi connectivity index (χ1n) is 11.1. The van der Waals surface area contributed by atoms with Crippen molar-refractivity contribution in [3.05, 3.63) is 75.9 Å². The zero-order valence-electron chi connectivity index (χ0n) is 19.9. The first-order valence-corrected chi connectivity index (χ1v) is 11.5. The topological polar surface area (TPSA) is 133 Å². The number of halogens is 7. The van der Waals surface area contributed by atoms with Gasteiger partial charge in [0.05, 0.1) is 24.0 Å². The Bertz CT molecular complexity index is 1560. The second kappa shape index (κ2) is 11.1. The summed E-state index contributed by atoms with van der Waals surface area (Å²) in [5.41, 5.74) is -1.02. The van der Waals surface area contributed by atoms with Gasteiger partial charge in [-0.05, 0) is 30.3 Å². The number of alkyl halides is 6. The Hall–Kier alpha value is -4.25. The molecule has 40 heavy (non-hydrogen) atoms. The summed E-state index contributed by atoms with van der Waals surface area (Å²) in [5, 5.41) is 19.8. The number of rotatable bonds is 8. The summed E-state index contributed by atoms with van der Waals surface area (Å²) in [6.07, 6.45) is -9.07. The zero-order chi connectivity index (χ0) is 29.2. The van der Waals surface area contributed by atoms with Crippen LogP contribution in [-0.2, 0) is 13.1 Å². The van der Waals surface area contributed by atoms with Crippen molar-refractivity contribution in [1.82, 2.24) is 39.4 Å². The van der Waals surface area contributed by atoms with E-state index in [2.05, 4.69) is 20.2 Å². The van der Waals surface area contributed by atoms with E-state index in [9.17, 15) is 41.0 Å². The van der Waals surface area contributed by atoms with Gasteiger partial charge < -0.3 is 10.4 Å². The van der Waals surface area contributed by atoms with Crippen molar-refractivity contribution in [3.63, 3.8) is 0 Å². The summed E-state index contributed by atoms with van der Waals surface area (Å²) in [5.74, 6) is -1.34. The van der Waals surface area contributed by atoms with Gasteiger partial charge in [0.1, 0.15) is 19.4 Å². The van der Waals surface area contributed by atoms with Gasteiger partial charge >= 0.3 is 18.0 Å².